The second kappa shape index (κ2) is 6.27. The second-order valence-electron chi connectivity index (χ2n) is 6.46. The molecule has 1 aliphatic rings. The van der Waals surface area contributed by atoms with Gasteiger partial charge >= 0.3 is 0 Å². The number of fused-ring (bicyclic) bond motifs is 1. The molecule has 1 saturated heterocycles. The van der Waals surface area contributed by atoms with Gasteiger partial charge < -0.3 is 9.47 Å². The number of halogens is 2. The molecule has 0 aliphatic carbocycles. The number of rotatable bonds is 3. The Kier molecular flexibility index (Phi) is 3.97. The van der Waals surface area contributed by atoms with Crippen molar-refractivity contribution in [1.29, 1.82) is 0 Å². The molecule has 2 nitrogen and oxygen atoms in total. The fourth-order valence-corrected chi connectivity index (χ4v) is 3.63. The number of hydrogen-bond donors (Lipinski definition) is 0. The summed E-state index contributed by atoms with van der Waals surface area (Å²) >= 11 is 0. The van der Waals surface area contributed by atoms with E-state index in [4.69, 9.17) is 0 Å². The molecule has 2 heterocycles. The second-order valence-corrected chi connectivity index (χ2v) is 6.46. The maximum Gasteiger partial charge on any atom is 0.150 e. The molecule has 1 aliphatic heterocycles. The molecule has 0 radical (unpaired) electrons. The summed E-state index contributed by atoms with van der Waals surface area (Å²) in [4.78, 5) is 2.26. The molecule has 0 unspecified atom stereocenters. The molecule has 0 spiro atoms. The lowest BCUT2D eigenvalue weighted by Gasteiger charge is -2.28. The van der Waals surface area contributed by atoms with Crippen molar-refractivity contribution in [2.75, 3.05) is 18.0 Å². The Labute approximate surface area is 140 Å². The van der Waals surface area contributed by atoms with Gasteiger partial charge in [0.25, 0.3) is 0 Å². The Morgan fingerprint density at radius 1 is 0.917 bits per heavy atom. The lowest BCUT2D eigenvalue weighted by molar-refractivity contribution is 0.578. The molecule has 0 atom stereocenters. The van der Waals surface area contributed by atoms with Crippen LogP contribution in [0.4, 0.5) is 14.5 Å². The van der Waals surface area contributed by atoms with Gasteiger partial charge in [-0.1, -0.05) is 30.3 Å². The number of nitrogens with zero attached hydrogens (tertiary/aromatic N) is 2. The van der Waals surface area contributed by atoms with Crippen LogP contribution in [0.3, 0.4) is 0 Å². The highest BCUT2D eigenvalue weighted by Gasteiger charge is 2.20. The minimum atomic E-state index is -0.518. The Balaban J connectivity index is 1.84. The molecule has 1 aromatic heterocycles. The van der Waals surface area contributed by atoms with Gasteiger partial charge in [0.1, 0.15) is 11.6 Å². The number of piperidine rings is 1. The van der Waals surface area contributed by atoms with Gasteiger partial charge in [-0.2, -0.15) is 0 Å². The first-order valence-electron chi connectivity index (χ1n) is 8.49. The fourth-order valence-electron chi connectivity index (χ4n) is 3.63. The van der Waals surface area contributed by atoms with Crippen LogP contribution < -0.4 is 4.90 Å². The van der Waals surface area contributed by atoms with E-state index in [0.717, 1.165) is 43.2 Å². The van der Waals surface area contributed by atoms with Crippen molar-refractivity contribution in [2.45, 2.75) is 25.8 Å². The van der Waals surface area contributed by atoms with Crippen LogP contribution in [0.1, 0.15) is 24.8 Å². The minimum absolute atomic E-state index is 0.487. The SMILES string of the molecule is Fc1cc(F)c2c(c1)c(N1CCCCC1)cn2Cc1ccccc1. The van der Waals surface area contributed by atoms with Crippen molar-refractivity contribution in [3.8, 4) is 0 Å². The van der Waals surface area contributed by atoms with Gasteiger partial charge in [0.15, 0.2) is 0 Å². The normalized spacial score (nSPS) is 15.2. The third kappa shape index (κ3) is 2.77. The molecule has 0 saturated carbocycles. The first-order chi connectivity index (χ1) is 11.7. The molecule has 0 N–H and O–H groups in total. The topological polar surface area (TPSA) is 8.17 Å². The van der Waals surface area contributed by atoms with Crippen molar-refractivity contribution in [1.82, 2.24) is 4.57 Å². The molecule has 24 heavy (non-hydrogen) atoms. The first-order valence-corrected chi connectivity index (χ1v) is 8.49. The van der Waals surface area contributed by atoms with E-state index in [9.17, 15) is 8.78 Å². The lowest BCUT2D eigenvalue weighted by Crippen LogP contribution is -2.29. The van der Waals surface area contributed by atoms with Crippen molar-refractivity contribution in [3.63, 3.8) is 0 Å². The average Bonchev–Trinajstić information content (AvgIpc) is 2.95. The predicted molar refractivity (Wildman–Crippen MR) is 93.5 cm³/mol. The van der Waals surface area contributed by atoms with Crippen LogP contribution in [0.5, 0.6) is 0 Å². The van der Waals surface area contributed by atoms with Gasteiger partial charge in [-0.25, -0.2) is 8.78 Å². The van der Waals surface area contributed by atoms with Crippen molar-refractivity contribution >= 4 is 16.6 Å². The standard InChI is InChI=1S/C20H20F2N2/c21-16-11-17-19(23-9-5-2-6-10-23)14-24(20(17)18(22)12-16)13-15-7-3-1-4-8-15/h1,3-4,7-8,11-12,14H,2,5-6,9-10,13H2. The first kappa shape index (κ1) is 15.2. The smallest absolute Gasteiger partial charge is 0.150 e. The van der Waals surface area contributed by atoms with Crippen molar-refractivity contribution < 1.29 is 8.78 Å². The summed E-state index contributed by atoms with van der Waals surface area (Å²) < 4.78 is 30.2. The minimum Gasteiger partial charge on any atom is -0.370 e. The Morgan fingerprint density at radius 3 is 2.42 bits per heavy atom. The number of aromatic nitrogens is 1. The molecule has 4 rings (SSSR count). The summed E-state index contributed by atoms with van der Waals surface area (Å²) in [5, 5.41) is 0.672. The molecule has 4 heteroatoms. The molecule has 124 valence electrons. The molecule has 0 amide bonds. The summed E-state index contributed by atoms with van der Waals surface area (Å²) in [6.07, 6.45) is 5.46. The van der Waals surface area contributed by atoms with E-state index in [1.165, 1.54) is 12.5 Å². The monoisotopic (exact) mass is 326 g/mol. The van der Waals surface area contributed by atoms with Crippen LogP contribution >= 0.6 is 0 Å². The van der Waals surface area contributed by atoms with E-state index in [2.05, 4.69) is 4.90 Å². The molecular formula is C20H20F2N2. The van der Waals surface area contributed by atoms with Gasteiger partial charge in [-0.05, 0) is 30.9 Å². The van der Waals surface area contributed by atoms with Gasteiger partial charge in [0.2, 0.25) is 0 Å². The summed E-state index contributed by atoms with van der Waals surface area (Å²) in [5.74, 6) is -1.01. The average molecular weight is 326 g/mol. The molecule has 1 fully saturated rings. The van der Waals surface area contributed by atoms with Crippen LogP contribution in [0, 0.1) is 11.6 Å². The Hall–Kier alpha value is -2.36. The van der Waals surface area contributed by atoms with Crippen LogP contribution in [-0.2, 0) is 6.54 Å². The van der Waals surface area contributed by atoms with E-state index >= 15 is 0 Å². The van der Waals surface area contributed by atoms with Crippen LogP contribution in [-0.4, -0.2) is 17.7 Å². The summed E-state index contributed by atoms with van der Waals surface area (Å²) in [6.45, 7) is 2.47. The summed E-state index contributed by atoms with van der Waals surface area (Å²) in [5.41, 5.74) is 2.53. The highest BCUT2D eigenvalue weighted by molar-refractivity contribution is 5.94. The van der Waals surface area contributed by atoms with Crippen LogP contribution in [0.15, 0.2) is 48.7 Å². The zero-order chi connectivity index (χ0) is 16.5. The van der Waals surface area contributed by atoms with Gasteiger partial charge in [0.05, 0.1) is 11.2 Å². The quantitative estimate of drug-likeness (QED) is 0.660. The van der Waals surface area contributed by atoms with E-state index in [1.807, 2.05) is 41.1 Å². The predicted octanol–water partition coefficient (Wildman–Crippen LogP) is 4.96. The number of benzene rings is 2. The van der Waals surface area contributed by atoms with E-state index < -0.39 is 11.6 Å². The highest BCUT2D eigenvalue weighted by Crippen LogP contribution is 2.33. The van der Waals surface area contributed by atoms with E-state index in [-0.39, 0.29) is 0 Å². The summed E-state index contributed by atoms with van der Waals surface area (Å²) in [6, 6.07) is 12.4. The van der Waals surface area contributed by atoms with Gasteiger partial charge in [0, 0.05) is 37.3 Å². The third-order valence-corrected chi connectivity index (χ3v) is 4.76. The van der Waals surface area contributed by atoms with E-state index in [0.29, 0.717) is 17.4 Å². The van der Waals surface area contributed by atoms with Crippen LogP contribution in [0.2, 0.25) is 0 Å². The maximum absolute atomic E-state index is 14.5. The summed E-state index contributed by atoms with van der Waals surface area (Å²) in [7, 11) is 0. The highest BCUT2D eigenvalue weighted by atomic mass is 19.1. The molecule has 3 aromatic rings. The van der Waals surface area contributed by atoms with Gasteiger partial charge in [-0.3, -0.25) is 0 Å². The molecule has 0 bridgehead atoms. The lowest BCUT2D eigenvalue weighted by atomic mass is 10.1. The number of anilines is 1. The third-order valence-electron chi connectivity index (χ3n) is 4.76. The van der Waals surface area contributed by atoms with Gasteiger partial charge in [-0.15, -0.1) is 0 Å². The molecule has 2 aromatic carbocycles. The van der Waals surface area contributed by atoms with Crippen molar-refractivity contribution in [3.05, 3.63) is 65.9 Å². The zero-order valence-corrected chi connectivity index (χ0v) is 13.5. The molecular weight excluding hydrogens is 306 g/mol. The number of hydrogen-bond acceptors (Lipinski definition) is 1. The maximum atomic E-state index is 14.5. The Bertz CT molecular complexity index is 849. The fraction of sp³-hybridized carbons (Fsp3) is 0.300. The van der Waals surface area contributed by atoms with Crippen molar-refractivity contribution in [2.24, 2.45) is 0 Å². The Morgan fingerprint density at radius 2 is 1.67 bits per heavy atom. The largest absolute Gasteiger partial charge is 0.370 e. The van der Waals surface area contributed by atoms with Crippen LogP contribution in [0.25, 0.3) is 10.9 Å². The zero-order valence-electron chi connectivity index (χ0n) is 13.5. The van der Waals surface area contributed by atoms with E-state index in [1.54, 1.807) is 0 Å².